The molecule has 0 aliphatic carbocycles. The number of benzene rings is 1. The standard InChI is InChI=1S/C17H20N/c1-12(2)9-15-7-8-17(18-11-15)16-10-13(3)5-6-14(16)4/h5-12H,1-4H3. The highest BCUT2D eigenvalue weighted by Crippen LogP contribution is 2.23. The van der Waals surface area contributed by atoms with Crippen molar-refractivity contribution in [2.75, 3.05) is 0 Å². The molecule has 0 spiro atoms. The molecule has 1 heterocycles. The monoisotopic (exact) mass is 238 g/mol. The maximum absolute atomic E-state index is 4.57. The van der Waals surface area contributed by atoms with Crippen LogP contribution in [0.2, 0.25) is 0 Å². The van der Waals surface area contributed by atoms with Crippen molar-refractivity contribution in [3.8, 4) is 11.3 Å². The minimum Gasteiger partial charge on any atom is -0.256 e. The van der Waals surface area contributed by atoms with Crippen molar-refractivity contribution in [2.24, 2.45) is 5.92 Å². The quantitative estimate of drug-likeness (QED) is 0.763. The first kappa shape index (κ1) is 12.8. The molecule has 0 unspecified atom stereocenters. The van der Waals surface area contributed by atoms with Crippen LogP contribution in [0.4, 0.5) is 0 Å². The van der Waals surface area contributed by atoms with E-state index in [1.165, 1.54) is 22.3 Å². The minimum absolute atomic E-state index is 0.554. The lowest BCUT2D eigenvalue weighted by molar-refractivity contribution is 0.775. The second kappa shape index (κ2) is 5.34. The molecule has 1 aromatic heterocycles. The number of rotatable bonds is 3. The summed E-state index contributed by atoms with van der Waals surface area (Å²) in [6.45, 7) is 8.60. The Morgan fingerprint density at radius 2 is 1.83 bits per heavy atom. The van der Waals surface area contributed by atoms with Gasteiger partial charge in [-0.25, -0.2) is 0 Å². The van der Waals surface area contributed by atoms with Crippen molar-refractivity contribution in [1.29, 1.82) is 0 Å². The van der Waals surface area contributed by atoms with Crippen molar-refractivity contribution < 1.29 is 0 Å². The molecule has 1 nitrogen and oxygen atoms in total. The molecule has 0 amide bonds. The van der Waals surface area contributed by atoms with Crippen molar-refractivity contribution in [2.45, 2.75) is 27.7 Å². The summed E-state index contributed by atoms with van der Waals surface area (Å²) < 4.78 is 0. The molecular formula is C17H20N. The fourth-order valence-electron chi connectivity index (χ4n) is 2.06. The van der Waals surface area contributed by atoms with Crippen LogP contribution < -0.4 is 0 Å². The summed E-state index contributed by atoms with van der Waals surface area (Å²) in [4.78, 5) is 4.57. The van der Waals surface area contributed by atoms with E-state index in [-0.39, 0.29) is 0 Å². The third-order valence-electron chi connectivity index (χ3n) is 2.98. The first-order chi connectivity index (χ1) is 8.56. The van der Waals surface area contributed by atoms with E-state index in [1.807, 2.05) is 6.20 Å². The third-order valence-corrected chi connectivity index (χ3v) is 2.98. The summed E-state index contributed by atoms with van der Waals surface area (Å²) in [5.74, 6) is 0.554. The molecule has 0 fully saturated rings. The van der Waals surface area contributed by atoms with Crippen molar-refractivity contribution in [1.82, 2.24) is 4.98 Å². The van der Waals surface area contributed by atoms with E-state index in [0.717, 1.165) is 5.69 Å². The summed E-state index contributed by atoms with van der Waals surface area (Å²) in [5.41, 5.74) is 6.02. The summed E-state index contributed by atoms with van der Waals surface area (Å²) in [5, 5.41) is 0. The van der Waals surface area contributed by atoms with Gasteiger partial charge in [-0.3, -0.25) is 4.98 Å². The molecule has 2 aromatic rings. The Balaban J connectivity index is 2.31. The number of aromatic nitrogens is 1. The lowest BCUT2D eigenvalue weighted by Crippen LogP contribution is -1.93. The molecule has 1 heteroatoms. The lowest BCUT2D eigenvalue weighted by atomic mass is 10.0. The van der Waals surface area contributed by atoms with Crippen LogP contribution in [-0.4, -0.2) is 4.98 Å². The summed E-state index contributed by atoms with van der Waals surface area (Å²) in [7, 11) is 0. The summed E-state index contributed by atoms with van der Waals surface area (Å²) in [6.07, 6.45) is 4.18. The van der Waals surface area contributed by atoms with E-state index in [2.05, 4.69) is 69.4 Å². The Morgan fingerprint density at radius 3 is 2.44 bits per heavy atom. The second-order valence-electron chi connectivity index (χ2n) is 5.21. The van der Waals surface area contributed by atoms with Crippen LogP contribution in [0.25, 0.3) is 11.3 Å². The van der Waals surface area contributed by atoms with Crippen LogP contribution in [0.3, 0.4) is 0 Å². The zero-order valence-corrected chi connectivity index (χ0v) is 11.6. The van der Waals surface area contributed by atoms with Crippen LogP contribution in [0.15, 0.2) is 36.5 Å². The van der Waals surface area contributed by atoms with Gasteiger partial charge in [-0.05, 0) is 49.4 Å². The molecule has 18 heavy (non-hydrogen) atoms. The maximum atomic E-state index is 4.57. The molecule has 0 saturated heterocycles. The number of pyridine rings is 1. The van der Waals surface area contributed by atoms with E-state index >= 15 is 0 Å². The van der Waals surface area contributed by atoms with Gasteiger partial charge in [0.05, 0.1) is 5.69 Å². The van der Waals surface area contributed by atoms with Gasteiger partial charge in [0.25, 0.3) is 0 Å². The SMILES string of the molecule is Cc1ccc(C)c(-c2ccc([CH]C(C)C)cn2)c1. The highest BCUT2D eigenvalue weighted by atomic mass is 14.7. The highest BCUT2D eigenvalue weighted by molar-refractivity contribution is 5.64. The van der Waals surface area contributed by atoms with Crippen molar-refractivity contribution >= 4 is 0 Å². The zero-order chi connectivity index (χ0) is 13.1. The molecule has 0 saturated carbocycles. The van der Waals surface area contributed by atoms with Gasteiger partial charge in [-0.15, -0.1) is 0 Å². The lowest BCUT2D eigenvalue weighted by Gasteiger charge is -2.08. The molecule has 1 aromatic carbocycles. The Labute approximate surface area is 110 Å². The van der Waals surface area contributed by atoms with Gasteiger partial charge in [0, 0.05) is 11.8 Å². The molecule has 1 radical (unpaired) electrons. The Kier molecular flexibility index (Phi) is 3.81. The van der Waals surface area contributed by atoms with Gasteiger partial charge in [0.1, 0.15) is 0 Å². The van der Waals surface area contributed by atoms with Crippen LogP contribution in [0.5, 0.6) is 0 Å². The average molecular weight is 238 g/mol. The molecular weight excluding hydrogens is 218 g/mol. The van der Waals surface area contributed by atoms with E-state index in [0.29, 0.717) is 5.92 Å². The van der Waals surface area contributed by atoms with Gasteiger partial charge in [0.15, 0.2) is 0 Å². The molecule has 0 bridgehead atoms. The first-order valence-corrected chi connectivity index (χ1v) is 6.45. The van der Waals surface area contributed by atoms with E-state index in [1.54, 1.807) is 0 Å². The van der Waals surface area contributed by atoms with E-state index in [9.17, 15) is 0 Å². The largest absolute Gasteiger partial charge is 0.256 e. The van der Waals surface area contributed by atoms with Crippen LogP contribution >= 0.6 is 0 Å². The zero-order valence-electron chi connectivity index (χ0n) is 11.6. The maximum Gasteiger partial charge on any atom is 0.0704 e. The first-order valence-electron chi connectivity index (χ1n) is 6.45. The van der Waals surface area contributed by atoms with Gasteiger partial charge in [0.2, 0.25) is 0 Å². The fourth-order valence-corrected chi connectivity index (χ4v) is 2.06. The average Bonchev–Trinajstić information content (AvgIpc) is 2.33. The number of nitrogens with zero attached hydrogens (tertiary/aromatic N) is 1. The second-order valence-corrected chi connectivity index (χ2v) is 5.21. The Bertz CT molecular complexity index is 524. The van der Waals surface area contributed by atoms with Crippen LogP contribution in [0.1, 0.15) is 30.5 Å². The summed E-state index contributed by atoms with van der Waals surface area (Å²) in [6, 6.07) is 10.7. The van der Waals surface area contributed by atoms with Gasteiger partial charge in [-0.1, -0.05) is 37.6 Å². The van der Waals surface area contributed by atoms with Gasteiger partial charge < -0.3 is 0 Å². The molecule has 0 aliphatic rings. The van der Waals surface area contributed by atoms with Crippen molar-refractivity contribution in [3.05, 3.63) is 59.6 Å². The highest BCUT2D eigenvalue weighted by Gasteiger charge is 2.04. The number of hydrogen-bond acceptors (Lipinski definition) is 1. The third kappa shape index (κ3) is 2.98. The molecule has 0 aliphatic heterocycles. The number of aryl methyl sites for hydroxylation is 2. The summed E-state index contributed by atoms with van der Waals surface area (Å²) >= 11 is 0. The number of hydrogen-bond donors (Lipinski definition) is 0. The topological polar surface area (TPSA) is 12.9 Å². The molecule has 0 atom stereocenters. The van der Waals surface area contributed by atoms with Crippen LogP contribution in [-0.2, 0) is 0 Å². The Hall–Kier alpha value is -1.63. The van der Waals surface area contributed by atoms with Crippen molar-refractivity contribution in [3.63, 3.8) is 0 Å². The molecule has 0 N–H and O–H groups in total. The molecule has 93 valence electrons. The van der Waals surface area contributed by atoms with Gasteiger partial charge >= 0.3 is 0 Å². The predicted octanol–water partition coefficient (Wildman–Crippen LogP) is 4.57. The fraction of sp³-hybridized carbons (Fsp3) is 0.294. The Morgan fingerprint density at radius 1 is 1.06 bits per heavy atom. The predicted molar refractivity (Wildman–Crippen MR) is 77.4 cm³/mol. The van der Waals surface area contributed by atoms with E-state index < -0.39 is 0 Å². The van der Waals surface area contributed by atoms with E-state index in [4.69, 9.17) is 0 Å². The smallest absolute Gasteiger partial charge is 0.0704 e. The van der Waals surface area contributed by atoms with Crippen LogP contribution in [0, 0.1) is 26.2 Å². The normalized spacial score (nSPS) is 10.9. The molecule has 2 rings (SSSR count). The van der Waals surface area contributed by atoms with Gasteiger partial charge in [-0.2, -0.15) is 0 Å². The minimum atomic E-state index is 0.554.